The molecular formula is C21H24ClF3N8O5S. The van der Waals surface area contributed by atoms with Crippen molar-refractivity contribution < 1.29 is 35.9 Å². The summed E-state index contributed by atoms with van der Waals surface area (Å²) in [5.41, 5.74) is -2.76. The number of fused-ring (bicyclic) bond motifs is 1. The lowest BCUT2D eigenvalue weighted by molar-refractivity contribution is -0.242. The summed E-state index contributed by atoms with van der Waals surface area (Å²) in [7, 11) is -4.30. The maximum atomic E-state index is 13.8. The summed E-state index contributed by atoms with van der Waals surface area (Å²) in [6.45, 7) is 3.38. The highest BCUT2D eigenvalue weighted by Crippen LogP contribution is 2.41. The smallest absolute Gasteiger partial charge is 0.427 e. The van der Waals surface area contributed by atoms with E-state index in [1.165, 1.54) is 29.1 Å². The molecule has 0 unspecified atom stereocenters. The number of aryl methyl sites for hydroxylation is 2. The minimum Gasteiger partial charge on any atom is -0.486 e. The number of nitrogens with one attached hydrogen (secondary N) is 2. The Hall–Kier alpha value is -3.60. The normalized spacial score (nSPS) is 16.0. The predicted molar refractivity (Wildman–Crippen MR) is 131 cm³/mol. The van der Waals surface area contributed by atoms with E-state index in [9.17, 15) is 26.4 Å². The van der Waals surface area contributed by atoms with Crippen molar-refractivity contribution >= 4 is 39.1 Å². The number of hydrogen-bond acceptors (Lipinski definition) is 9. The maximum Gasteiger partial charge on any atom is 0.427 e. The van der Waals surface area contributed by atoms with Crippen LogP contribution in [0.1, 0.15) is 33.0 Å². The molecule has 2 aromatic heterocycles. The van der Waals surface area contributed by atoms with Crippen LogP contribution in [-0.2, 0) is 27.7 Å². The van der Waals surface area contributed by atoms with Gasteiger partial charge < -0.3 is 9.47 Å². The Bertz CT molecular complexity index is 1450. The van der Waals surface area contributed by atoms with Crippen LogP contribution in [0.4, 0.5) is 29.3 Å². The van der Waals surface area contributed by atoms with Gasteiger partial charge >= 0.3 is 12.3 Å². The van der Waals surface area contributed by atoms with Crippen LogP contribution >= 0.6 is 11.6 Å². The molecule has 18 heteroatoms. The van der Waals surface area contributed by atoms with Crippen molar-refractivity contribution in [2.75, 3.05) is 16.2 Å². The number of rotatable bonds is 8. The number of ether oxygens (including phenoxy) is 2. The first-order valence-electron chi connectivity index (χ1n) is 11.6. The number of halogens is 4. The molecule has 13 nitrogen and oxygen atoms in total. The molecule has 1 aliphatic heterocycles. The first kappa shape index (κ1) is 28.4. The van der Waals surface area contributed by atoms with E-state index in [2.05, 4.69) is 35.8 Å². The SMILES string of the molecule is CCn1cc(S(=O)(=O)N2C[C@H](CCc3nn[nH]n3)Oc3ccc(NC(=O)OC(C)(C)C(F)(F)F)cc32)c(Cl)n1. The number of alkyl halides is 3. The number of tetrazole rings is 1. The van der Waals surface area contributed by atoms with Crippen molar-refractivity contribution in [2.45, 2.75) is 62.9 Å². The molecule has 0 bridgehead atoms. The number of H-pyrrole nitrogens is 1. The quantitative estimate of drug-likeness (QED) is 0.399. The summed E-state index contributed by atoms with van der Waals surface area (Å²) in [6, 6.07) is 3.98. The number of carbonyl (C=O) groups is 1. The van der Waals surface area contributed by atoms with Crippen LogP contribution in [0.2, 0.25) is 5.15 Å². The van der Waals surface area contributed by atoms with Crippen LogP contribution in [0.25, 0.3) is 0 Å². The van der Waals surface area contributed by atoms with Gasteiger partial charge in [0.25, 0.3) is 10.0 Å². The zero-order valence-corrected chi connectivity index (χ0v) is 22.4. The lowest BCUT2D eigenvalue weighted by Crippen LogP contribution is -2.44. The Morgan fingerprint density at radius 1 is 1.33 bits per heavy atom. The first-order chi connectivity index (χ1) is 18.2. The van der Waals surface area contributed by atoms with Gasteiger partial charge in [0, 0.05) is 24.8 Å². The van der Waals surface area contributed by atoms with E-state index in [1.54, 1.807) is 6.92 Å². The fraction of sp³-hybridized carbons (Fsp3) is 0.476. The van der Waals surface area contributed by atoms with Gasteiger partial charge in [-0.15, -0.1) is 10.2 Å². The molecule has 39 heavy (non-hydrogen) atoms. The third-order valence-electron chi connectivity index (χ3n) is 5.82. The molecule has 1 aromatic carbocycles. The lowest BCUT2D eigenvalue weighted by Gasteiger charge is -2.35. The van der Waals surface area contributed by atoms with Crippen LogP contribution < -0.4 is 14.4 Å². The molecule has 1 amide bonds. The Kier molecular flexibility index (Phi) is 7.66. The molecule has 0 spiro atoms. The highest BCUT2D eigenvalue weighted by Gasteiger charge is 2.51. The predicted octanol–water partition coefficient (Wildman–Crippen LogP) is 3.55. The first-order valence-corrected chi connectivity index (χ1v) is 13.4. The van der Waals surface area contributed by atoms with Crippen LogP contribution in [0.3, 0.4) is 0 Å². The number of amides is 1. The fourth-order valence-electron chi connectivity index (χ4n) is 3.61. The lowest BCUT2D eigenvalue weighted by atomic mass is 10.1. The molecule has 2 N–H and O–H groups in total. The van der Waals surface area contributed by atoms with E-state index in [-0.39, 0.29) is 33.7 Å². The van der Waals surface area contributed by atoms with Crippen molar-refractivity contribution in [3.8, 4) is 5.75 Å². The number of hydrogen-bond donors (Lipinski definition) is 2. The Balaban J connectivity index is 1.65. The minimum absolute atomic E-state index is 0.0267. The number of anilines is 2. The summed E-state index contributed by atoms with van der Waals surface area (Å²) in [5.74, 6) is 0.558. The summed E-state index contributed by atoms with van der Waals surface area (Å²) in [6.07, 6.45) is -4.88. The zero-order valence-electron chi connectivity index (χ0n) is 20.9. The summed E-state index contributed by atoms with van der Waals surface area (Å²) in [4.78, 5) is 12.0. The standard InChI is InChI=1S/C21H24ClF3N8O5S/c1-4-32-11-16(18(22)29-32)39(35,36)33-10-13(6-8-17-27-30-31-28-17)37-15-7-5-12(9-14(15)33)26-19(34)38-20(2,3)21(23,24)25/h5,7,9,11,13H,4,6,8,10H2,1-3H3,(H,26,34)(H,27,28,30,31)/t13-/m0/s1. The van der Waals surface area contributed by atoms with E-state index in [0.29, 0.717) is 39.1 Å². The van der Waals surface area contributed by atoms with Gasteiger partial charge in [-0.05, 0) is 45.4 Å². The monoisotopic (exact) mass is 592 g/mol. The Morgan fingerprint density at radius 2 is 2.08 bits per heavy atom. The van der Waals surface area contributed by atoms with E-state index >= 15 is 0 Å². The number of sulfonamides is 1. The van der Waals surface area contributed by atoms with Crippen LogP contribution in [0, 0.1) is 0 Å². The third-order valence-corrected chi connectivity index (χ3v) is 8.00. The van der Waals surface area contributed by atoms with Crippen molar-refractivity contribution in [2.24, 2.45) is 0 Å². The number of carbonyl (C=O) groups excluding carboxylic acids is 1. The van der Waals surface area contributed by atoms with Crippen molar-refractivity contribution in [3.05, 3.63) is 35.4 Å². The van der Waals surface area contributed by atoms with Gasteiger partial charge in [0.1, 0.15) is 16.7 Å². The summed E-state index contributed by atoms with van der Waals surface area (Å²) < 4.78 is 79.9. The van der Waals surface area contributed by atoms with Gasteiger partial charge in [-0.1, -0.05) is 16.8 Å². The van der Waals surface area contributed by atoms with E-state index in [0.717, 1.165) is 4.31 Å². The molecule has 4 rings (SSSR count). The number of aromatic amines is 1. The molecule has 0 radical (unpaired) electrons. The highest BCUT2D eigenvalue weighted by molar-refractivity contribution is 7.93. The molecule has 0 saturated carbocycles. The molecule has 3 heterocycles. The molecule has 3 aromatic rings. The molecule has 1 aliphatic rings. The van der Waals surface area contributed by atoms with Gasteiger partial charge in [-0.2, -0.15) is 23.5 Å². The molecule has 1 atom stereocenters. The fourth-order valence-corrected chi connectivity index (χ4v) is 5.56. The van der Waals surface area contributed by atoms with Crippen LogP contribution in [0.5, 0.6) is 5.75 Å². The minimum atomic E-state index is -4.81. The topological polar surface area (TPSA) is 157 Å². The second-order valence-electron chi connectivity index (χ2n) is 8.99. The number of aromatic nitrogens is 6. The second kappa shape index (κ2) is 10.5. The molecule has 0 aliphatic carbocycles. The second-order valence-corrected chi connectivity index (χ2v) is 11.2. The van der Waals surface area contributed by atoms with Crippen molar-refractivity contribution in [1.82, 2.24) is 30.4 Å². The third kappa shape index (κ3) is 6.03. The van der Waals surface area contributed by atoms with Crippen LogP contribution in [-0.4, -0.2) is 69.3 Å². The number of nitrogens with zero attached hydrogens (tertiary/aromatic N) is 6. The van der Waals surface area contributed by atoms with Gasteiger partial charge in [0.2, 0.25) is 5.60 Å². The van der Waals surface area contributed by atoms with Gasteiger partial charge in [0.05, 0.1) is 12.2 Å². The average molecular weight is 593 g/mol. The highest BCUT2D eigenvalue weighted by atomic mass is 35.5. The zero-order chi connectivity index (χ0) is 28.6. The van der Waals surface area contributed by atoms with E-state index < -0.39 is 34.0 Å². The van der Waals surface area contributed by atoms with Gasteiger partial charge in [-0.3, -0.25) is 14.3 Å². The average Bonchev–Trinajstić information content (AvgIpc) is 3.50. The van der Waals surface area contributed by atoms with Crippen LogP contribution in [0.15, 0.2) is 29.3 Å². The summed E-state index contributed by atoms with van der Waals surface area (Å²) in [5, 5.41) is 19.6. The van der Waals surface area contributed by atoms with Crippen molar-refractivity contribution in [1.29, 1.82) is 0 Å². The number of benzene rings is 1. The van der Waals surface area contributed by atoms with E-state index in [4.69, 9.17) is 16.3 Å². The molecule has 0 saturated heterocycles. The Morgan fingerprint density at radius 3 is 2.69 bits per heavy atom. The Labute approximate surface area is 225 Å². The van der Waals surface area contributed by atoms with Crippen molar-refractivity contribution in [3.63, 3.8) is 0 Å². The van der Waals surface area contributed by atoms with Gasteiger partial charge in [-0.25, -0.2) is 13.2 Å². The molecular weight excluding hydrogens is 569 g/mol. The summed E-state index contributed by atoms with van der Waals surface area (Å²) >= 11 is 6.16. The maximum absolute atomic E-state index is 13.8. The van der Waals surface area contributed by atoms with Gasteiger partial charge in [0.15, 0.2) is 11.0 Å². The molecule has 212 valence electrons. The molecule has 0 fully saturated rings. The largest absolute Gasteiger partial charge is 0.486 e. The van der Waals surface area contributed by atoms with E-state index in [1.807, 2.05) is 0 Å².